The first-order valence-electron chi connectivity index (χ1n) is 7.78. The molecule has 2 aromatic rings. The zero-order valence-corrected chi connectivity index (χ0v) is 15.2. The Morgan fingerprint density at radius 1 is 1.17 bits per heavy atom. The maximum Gasteiger partial charge on any atom is 0.265 e. The van der Waals surface area contributed by atoms with Gasteiger partial charge in [0.15, 0.2) is 6.10 Å². The van der Waals surface area contributed by atoms with Crippen LogP contribution >= 0.6 is 35.1 Å². The van der Waals surface area contributed by atoms with Crippen molar-refractivity contribution in [2.45, 2.75) is 17.1 Å². The number of carbonyl (C=O) groups excluding carboxylic acids is 1. The van der Waals surface area contributed by atoms with Crippen molar-refractivity contribution in [3.8, 4) is 5.75 Å². The first-order valence-corrected chi connectivity index (χ1v) is 10.3. The topological polar surface area (TPSA) is 38.3 Å². The standard InChI is InChI=1S/C18H16ClNO2S2/c19-13-4-5-15-12(8-13)10-16(22-15)17(21)20-14-3-1-2-11(9-14)18-23-6-7-24-18/h1-5,8-9,16,18H,6-7,10H2,(H,20,21). The fourth-order valence-electron chi connectivity index (χ4n) is 2.90. The van der Waals surface area contributed by atoms with Crippen LogP contribution in [0, 0.1) is 0 Å². The molecule has 0 spiro atoms. The number of rotatable bonds is 3. The molecule has 0 bridgehead atoms. The van der Waals surface area contributed by atoms with Gasteiger partial charge in [-0.2, -0.15) is 0 Å². The average molecular weight is 378 g/mol. The van der Waals surface area contributed by atoms with Crippen LogP contribution in [0.2, 0.25) is 5.02 Å². The molecule has 1 saturated heterocycles. The van der Waals surface area contributed by atoms with E-state index < -0.39 is 6.10 Å². The highest BCUT2D eigenvalue weighted by Gasteiger charge is 2.29. The maximum absolute atomic E-state index is 12.5. The normalized spacial score (nSPS) is 19.8. The number of amides is 1. The number of fused-ring (bicyclic) bond motifs is 1. The lowest BCUT2D eigenvalue weighted by molar-refractivity contribution is -0.122. The van der Waals surface area contributed by atoms with Gasteiger partial charge in [0.25, 0.3) is 5.91 Å². The molecular weight excluding hydrogens is 362 g/mol. The van der Waals surface area contributed by atoms with Crippen LogP contribution in [0.1, 0.15) is 15.7 Å². The minimum Gasteiger partial charge on any atom is -0.480 e. The summed E-state index contributed by atoms with van der Waals surface area (Å²) in [5.41, 5.74) is 3.06. The van der Waals surface area contributed by atoms with Gasteiger partial charge >= 0.3 is 0 Å². The van der Waals surface area contributed by atoms with Crippen LogP contribution in [0.5, 0.6) is 5.75 Å². The quantitative estimate of drug-likeness (QED) is 0.836. The zero-order valence-electron chi connectivity index (χ0n) is 12.8. The molecule has 2 aliphatic heterocycles. The molecule has 0 radical (unpaired) electrons. The molecule has 1 N–H and O–H groups in total. The first-order chi connectivity index (χ1) is 11.7. The highest BCUT2D eigenvalue weighted by Crippen LogP contribution is 2.45. The Labute approximate surface area is 154 Å². The summed E-state index contributed by atoms with van der Waals surface area (Å²) in [6, 6.07) is 13.6. The lowest BCUT2D eigenvalue weighted by Gasteiger charge is -2.14. The molecule has 3 nitrogen and oxygen atoms in total. The van der Waals surface area contributed by atoms with Crippen LogP contribution in [0.4, 0.5) is 5.69 Å². The van der Waals surface area contributed by atoms with Crippen LogP contribution < -0.4 is 10.1 Å². The van der Waals surface area contributed by atoms with E-state index >= 15 is 0 Å². The van der Waals surface area contributed by atoms with Crippen molar-refractivity contribution in [3.63, 3.8) is 0 Å². The van der Waals surface area contributed by atoms with Gasteiger partial charge < -0.3 is 10.1 Å². The second kappa shape index (κ2) is 6.90. The average Bonchev–Trinajstić information content (AvgIpc) is 3.24. The second-order valence-electron chi connectivity index (χ2n) is 5.75. The van der Waals surface area contributed by atoms with E-state index in [2.05, 4.69) is 17.4 Å². The summed E-state index contributed by atoms with van der Waals surface area (Å²) in [5, 5.41) is 3.65. The fourth-order valence-corrected chi connectivity index (χ4v) is 5.93. The van der Waals surface area contributed by atoms with Crippen molar-refractivity contribution in [3.05, 3.63) is 58.6 Å². The third kappa shape index (κ3) is 3.39. The highest BCUT2D eigenvalue weighted by molar-refractivity contribution is 8.19. The van der Waals surface area contributed by atoms with E-state index in [1.807, 2.05) is 47.8 Å². The van der Waals surface area contributed by atoms with Crippen molar-refractivity contribution in [2.24, 2.45) is 0 Å². The van der Waals surface area contributed by atoms with Crippen molar-refractivity contribution in [1.29, 1.82) is 0 Å². The Hall–Kier alpha value is -1.30. The number of hydrogen-bond donors (Lipinski definition) is 1. The number of halogens is 1. The van der Waals surface area contributed by atoms with Gasteiger partial charge in [-0.05, 0) is 41.5 Å². The van der Waals surface area contributed by atoms with Crippen molar-refractivity contribution >= 4 is 46.7 Å². The molecule has 2 aromatic carbocycles. The van der Waals surface area contributed by atoms with Gasteiger partial charge in [0.05, 0.1) is 4.58 Å². The third-order valence-corrected chi connectivity index (χ3v) is 7.38. The van der Waals surface area contributed by atoms with Gasteiger partial charge in [-0.15, -0.1) is 23.5 Å². The van der Waals surface area contributed by atoms with Crippen molar-refractivity contribution in [1.82, 2.24) is 0 Å². The fraction of sp³-hybridized carbons (Fsp3) is 0.278. The molecule has 1 unspecified atom stereocenters. The largest absolute Gasteiger partial charge is 0.480 e. The van der Waals surface area contributed by atoms with Gasteiger partial charge in [0.1, 0.15) is 5.75 Å². The second-order valence-corrected chi connectivity index (χ2v) is 8.91. The van der Waals surface area contributed by atoms with Crippen LogP contribution in [0.3, 0.4) is 0 Å². The highest BCUT2D eigenvalue weighted by atomic mass is 35.5. The van der Waals surface area contributed by atoms with E-state index in [-0.39, 0.29) is 5.91 Å². The first kappa shape index (κ1) is 16.2. The van der Waals surface area contributed by atoms with Gasteiger partial charge in [-0.25, -0.2) is 0 Å². The number of carbonyl (C=O) groups is 1. The Morgan fingerprint density at radius 3 is 2.83 bits per heavy atom. The van der Waals surface area contributed by atoms with E-state index in [0.717, 1.165) is 17.0 Å². The summed E-state index contributed by atoms with van der Waals surface area (Å²) in [6.45, 7) is 0. The molecule has 24 heavy (non-hydrogen) atoms. The number of nitrogens with one attached hydrogen (secondary N) is 1. The van der Waals surface area contributed by atoms with Crippen LogP contribution in [0.25, 0.3) is 0 Å². The van der Waals surface area contributed by atoms with Crippen molar-refractivity contribution in [2.75, 3.05) is 16.8 Å². The summed E-state index contributed by atoms with van der Waals surface area (Å²) in [6.07, 6.45) is 0.0489. The minimum atomic E-state index is -0.502. The Balaban J connectivity index is 1.44. The van der Waals surface area contributed by atoms with Gasteiger partial charge in [0.2, 0.25) is 0 Å². The monoisotopic (exact) mass is 377 g/mol. The van der Waals surface area contributed by atoms with Gasteiger partial charge in [0, 0.05) is 28.6 Å². The molecule has 0 aliphatic carbocycles. The number of hydrogen-bond acceptors (Lipinski definition) is 4. The minimum absolute atomic E-state index is 0.119. The SMILES string of the molecule is O=C(Nc1cccc(C2SCCS2)c1)C1Cc2cc(Cl)ccc2O1. The van der Waals surface area contributed by atoms with Crippen molar-refractivity contribution < 1.29 is 9.53 Å². The Bertz CT molecular complexity index is 777. The smallest absolute Gasteiger partial charge is 0.265 e. The predicted octanol–water partition coefficient (Wildman–Crippen LogP) is 4.76. The van der Waals surface area contributed by atoms with E-state index in [9.17, 15) is 4.79 Å². The zero-order chi connectivity index (χ0) is 16.5. The Morgan fingerprint density at radius 2 is 2.00 bits per heavy atom. The number of ether oxygens (including phenoxy) is 1. The molecule has 1 fully saturated rings. The summed E-state index contributed by atoms with van der Waals surface area (Å²) < 4.78 is 6.22. The van der Waals surface area contributed by atoms with E-state index in [1.54, 1.807) is 6.07 Å². The molecule has 4 rings (SSSR count). The van der Waals surface area contributed by atoms with Gasteiger partial charge in [-0.3, -0.25) is 4.79 Å². The summed E-state index contributed by atoms with van der Waals surface area (Å²) in [4.78, 5) is 12.5. The number of thioether (sulfide) groups is 2. The molecule has 2 heterocycles. The molecular formula is C18H16ClNO2S2. The molecule has 124 valence electrons. The lowest BCUT2D eigenvalue weighted by Crippen LogP contribution is -2.31. The number of anilines is 1. The number of benzene rings is 2. The summed E-state index contributed by atoms with van der Waals surface area (Å²) in [5.74, 6) is 2.99. The summed E-state index contributed by atoms with van der Waals surface area (Å²) >= 11 is 9.91. The van der Waals surface area contributed by atoms with E-state index in [1.165, 1.54) is 17.1 Å². The summed E-state index contributed by atoms with van der Waals surface area (Å²) in [7, 11) is 0. The lowest BCUT2D eigenvalue weighted by atomic mass is 10.1. The van der Waals surface area contributed by atoms with Crippen LogP contribution in [0.15, 0.2) is 42.5 Å². The molecule has 1 atom stereocenters. The van der Waals surface area contributed by atoms with Crippen LogP contribution in [-0.2, 0) is 11.2 Å². The Kier molecular flexibility index (Phi) is 4.66. The molecule has 1 amide bonds. The molecule has 2 aliphatic rings. The molecule has 6 heteroatoms. The predicted molar refractivity (Wildman–Crippen MR) is 102 cm³/mol. The van der Waals surface area contributed by atoms with E-state index in [0.29, 0.717) is 16.0 Å². The maximum atomic E-state index is 12.5. The van der Waals surface area contributed by atoms with E-state index in [4.69, 9.17) is 16.3 Å². The molecule has 0 saturated carbocycles. The van der Waals surface area contributed by atoms with Gasteiger partial charge in [-0.1, -0.05) is 23.7 Å². The third-order valence-electron chi connectivity index (χ3n) is 4.04. The van der Waals surface area contributed by atoms with Crippen LogP contribution in [-0.4, -0.2) is 23.5 Å². The molecule has 0 aromatic heterocycles.